The monoisotopic (exact) mass is 1160 g/mol. The Morgan fingerprint density at radius 2 is 0.867 bits per heavy atom. The summed E-state index contributed by atoms with van der Waals surface area (Å²) in [6.07, 6.45) is 12.8. The van der Waals surface area contributed by atoms with E-state index < -0.39 is 34.7 Å². The predicted octanol–water partition coefficient (Wildman–Crippen LogP) is 15.1. The average Bonchev–Trinajstić information content (AvgIpc) is 2.91. The fourth-order valence-corrected chi connectivity index (χ4v) is 16.3. The van der Waals surface area contributed by atoms with Crippen LogP contribution in [0.4, 0.5) is 0 Å². The van der Waals surface area contributed by atoms with Gasteiger partial charge in [0, 0.05) is 76.4 Å². The molecule has 1 aromatic rings. The standard InChI is InChI=1S/C42H72N2O5.C28H52N2O4/c1-18-19-20-42(34(46)48-29-24-38(8,9)43(16)39(10,11)25-29,35(47)49-30-26-40(12,13)44(17)41(14,15)27-30)23-28-21-31(36(2,3)4)33(45)32(22-28)37(5,6)7;1-24(2)16-20(17-25(3,4)29-24)28(23(33)34,15-13-11-9-10-12-14-22(31)32)21-18-26(5,6)30-27(7,8)19-21/h21-22,29-30,45H,18-20,23-27H2,1-17H3;20-21,29-30H,9-19H2,1-8H3,(H,31,32)(H,33,34). The number of hydrogen-bond acceptors (Lipinski definition) is 11. The number of phenols is 1. The lowest BCUT2D eigenvalue weighted by Gasteiger charge is -2.57. The molecule has 4 aliphatic rings. The molecule has 5 N–H and O–H groups in total. The van der Waals surface area contributed by atoms with Crippen molar-refractivity contribution >= 4 is 23.9 Å². The Morgan fingerprint density at radius 3 is 1.18 bits per heavy atom. The first-order valence-corrected chi connectivity index (χ1v) is 32.2. The minimum atomic E-state index is -1.54. The topological polar surface area (TPSA) is 178 Å². The molecule has 4 aliphatic heterocycles. The number of carboxylic acids is 2. The minimum absolute atomic E-state index is 0.109. The van der Waals surface area contributed by atoms with Crippen LogP contribution in [0, 0.1) is 22.7 Å². The zero-order chi connectivity index (χ0) is 63.8. The number of unbranched alkanes of at least 4 members (excludes halogenated alkanes) is 5. The number of rotatable bonds is 20. The largest absolute Gasteiger partial charge is 0.507 e. The van der Waals surface area contributed by atoms with Crippen molar-refractivity contribution in [3.05, 3.63) is 28.8 Å². The van der Waals surface area contributed by atoms with Gasteiger partial charge in [-0.25, -0.2) is 0 Å². The van der Waals surface area contributed by atoms with Gasteiger partial charge < -0.3 is 35.4 Å². The van der Waals surface area contributed by atoms with Crippen LogP contribution in [0.5, 0.6) is 5.75 Å². The zero-order valence-electron chi connectivity index (χ0n) is 57.6. The summed E-state index contributed by atoms with van der Waals surface area (Å²) >= 11 is 0. The quantitative estimate of drug-likeness (QED) is 0.0474. The highest BCUT2D eigenvalue weighted by Crippen LogP contribution is 2.56. The maximum absolute atomic E-state index is 15.0. The van der Waals surface area contributed by atoms with Crippen molar-refractivity contribution in [2.24, 2.45) is 22.7 Å². The van der Waals surface area contributed by atoms with Gasteiger partial charge in [-0.1, -0.05) is 99.1 Å². The van der Waals surface area contributed by atoms with Gasteiger partial charge in [-0.15, -0.1) is 0 Å². The third kappa shape index (κ3) is 18.2. The molecule has 4 heterocycles. The maximum atomic E-state index is 15.0. The molecule has 0 saturated carbocycles. The first-order chi connectivity index (χ1) is 37.4. The molecule has 0 aromatic heterocycles. The fourth-order valence-electron chi connectivity index (χ4n) is 16.3. The average molecular weight is 1170 g/mol. The lowest BCUT2D eigenvalue weighted by atomic mass is 9.52. The van der Waals surface area contributed by atoms with E-state index in [1.165, 1.54) is 0 Å². The lowest BCUT2D eigenvalue weighted by molar-refractivity contribution is -0.188. The highest BCUT2D eigenvalue weighted by Gasteiger charge is 2.59. The summed E-state index contributed by atoms with van der Waals surface area (Å²) in [6, 6.07) is 3.99. The Morgan fingerprint density at radius 1 is 0.530 bits per heavy atom. The van der Waals surface area contributed by atoms with E-state index in [9.17, 15) is 29.4 Å². The molecule has 0 aliphatic carbocycles. The fraction of sp³-hybridized carbons (Fsp3) is 0.857. The van der Waals surface area contributed by atoms with Gasteiger partial charge in [-0.05, 0) is 216 Å². The van der Waals surface area contributed by atoms with Crippen LogP contribution in [0.2, 0.25) is 0 Å². The SMILES string of the molecule is CC1(C)CC(C(CCCCCCCC(=O)O)(C(=O)O)C2CC(C)(C)NC(C)(C)C2)CC(C)(C)N1.CCCCC(Cc1cc(C(C)(C)C)c(O)c(C(C)(C)C)c1)(C(=O)OC1CC(C)(C)N(C)C(C)(C)C1)C(=O)OC1CC(C)(C)N(C)C(C)(C)C1. The molecule has 13 heteroatoms. The van der Waals surface area contributed by atoms with Gasteiger partial charge in [0.1, 0.15) is 18.0 Å². The number of carbonyl (C=O) groups is 4. The second-order valence-electron chi connectivity index (χ2n) is 34.1. The second kappa shape index (κ2) is 25.8. The summed E-state index contributed by atoms with van der Waals surface area (Å²) in [7, 11) is 4.27. The van der Waals surface area contributed by atoms with Crippen molar-refractivity contribution in [1.29, 1.82) is 0 Å². The van der Waals surface area contributed by atoms with Crippen molar-refractivity contribution in [2.45, 2.75) is 349 Å². The third-order valence-corrected chi connectivity index (χ3v) is 20.3. The van der Waals surface area contributed by atoms with Crippen molar-refractivity contribution in [1.82, 2.24) is 20.4 Å². The first-order valence-electron chi connectivity index (χ1n) is 32.2. The number of benzene rings is 1. The molecule has 0 bridgehead atoms. The lowest BCUT2D eigenvalue weighted by Crippen LogP contribution is -2.65. The Hall–Kier alpha value is -3.26. The summed E-state index contributed by atoms with van der Waals surface area (Å²) < 4.78 is 13.1. The van der Waals surface area contributed by atoms with Crippen molar-refractivity contribution in [3.63, 3.8) is 0 Å². The normalized spacial score (nSPS) is 23.1. The zero-order valence-corrected chi connectivity index (χ0v) is 57.6. The number of hydrogen-bond donors (Lipinski definition) is 5. The van der Waals surface area contributed by atoms with E-state index in [1.54, 1.807) is 0 Å². The third-order valence-electron chi connectivity index (χ3n) is 20.3. The van der Waals surface area contributed by atoms with E-state index >= 15 is 0 Å². The highest BCUT2D eigenvalue weighted by molar-refractivity contribution is 6.00. The Kier molecular flexibility index (Phi) is 22.5. The number of ether oxygens (including phenoxy) is 2. The molecular weight excluding hydrogens is 1040 g/mol. The highest BCUT2D eigenvalue weighted by atomic mass is 16.6. The number of aliphatic carboxylic acids is 2. The van der Waals surface area contributed by atoms with Gasteiger partial charge in [0.05, 0.1) is 5.41 Å². The molecule has 4 saturated heterocycles. The van der Waals surface area contributed by atoms with E-state index in [0.717, 1.165) is 74.5 Å². The van der Waals surface area contributed by atoms with Crippen LogP contribution < -0.4 is 10.6 Å². The predicted molar refractivity (Wildman–Crippen MR) is 339 cm³/mol. The van der Waals surface area contributed by atoms with Crippen LogP contribution in [-0.4, -0.2) is 120 Å². The number of piperidine rings is 4. The van der Waals surface area contributed by atoms with Crippen LogP contribution in [0.15, 0.2) is 12.1 Å². The van der Waals surface area contributed by atoms with Crippen LogP contribution in [0.25, 0.3) is 0 Å². The smallest absolute Gasteiger partial charge is 0.324 e. The molecule has 0 unspecified atom stereocenters. The van der Waals surface area contributed by atoms with E-state index in [0.29, 0.717) is 51.4 Å². The summed E-state index contributed by atoms with van der Waals surface area (Å²) in [5.41, 5.74) is -1.75. The molecule has 5 rings (SSSR count). The van der Waals surface area contributed by atoms with Gasteiger partial charge in [-0.2, -0.15) is 0 Å². The van der Waals surface area contributed by atoms with Gasteiger partial charge in [0.25, 0.3) is 0 Å². The maximum Gasteiger partial charge on any atom is 0.324 e. The summed E-state index contributed by atoms with van der Waals surface area (Å²) in [5, 5.41) is 38.9. The number of esters is 2. The van der Waals surface area contributed by atoms with E-state index in [2.05, 4.69) is 194 Å². The van der Waals surface area contributed by atoms with Gasteiger partial charge in [0.15, 0.2) is 5.41 Å². The minimum Gasteiger partial charge on any atom is -0.507 e. The van der Waals surface area contributed by atoms with E-state index in [-0.39, 0.29) is 97.8 Å². The number of carbonyl (C=O) groups excluding carboxylic acids is 2. The second-order valence-corrected chi connectivity index (χ2v) is 34.1. The van der Waals surface area contributed by atoms with Crippen molar-refractivity contribution in [3.8, 4) is 5.75 Å². The summed E-state index contributed by atoms with van der Waals surface area (Å²) in [6.45, 7) is 49.8. The van der Waals surface area contributed by atoms with Gasteiger partial charge >= 0.3 is 23.9 Å². The van der Waals surface area contributed by atoms with Gasteiger partial charge in [0.2, 0.25) is 0 Å². The molecule has 478 valence electrons. The molecule has 83 heavy (non-hydrogen) atoms. The number of phenolic OH excluding ortho intramolecular Hbond substituents is 1. The number of carboxylic acid groups (broad SMARTS) is 2. The number of nitrogens with zero attached hydrogens (tertiary/aromatic N) is 2. The number of nitrogens with one attached hydrogen (secondary N) is 2. The van der Waals surface area contributed by atoms with Crippen molar-refractivity contribution < 1.29 is 44.0 Å². The van der Waals surface area contributed by atoms with Crippen molar-refractivity contribution in [2.75, 3.05) is 14.1 Å². The molecular formula is C70H124N4O9. The van der Waals surface area contributed by atoms with Crippen LogP contribution in [0.3, 0.4) is 0 Å². The summed E-state index contributed by atoms with van der Waals surface area (Å²) in [5.74, 6) is -1.83. The Bertz CT molecular complexity index is 2200. The molecule has 0 atom stereocenters. The van der Waals surface area contributed by atoms with Crippen LogP contribution in [0.1, 0.15) is 292 Å². The molecule has 13 nitrogen and oxygen atoms in total. The first kappa shape index (κ1) is 72.2. The molecule has 0 radical (unpaired) electrons. The van der Waals surface area contributed by atoms with E-state index in [4.69, 9.17) is 14.6 Å². The summed E-state index contributed by atoms with van der Waals surface area (Å²) in [4.78, 5) is 58.9. The molecule has 0 amide bonds. The molecule has 4 fully saturated rings. The van der Waals surface area contributed by atoms with Crippen LogP contribution in [-0.2, 0) is 45.9 Å². The Balaban J connectivity index is 0.000000381. The van der Waals surface area contributed by atoms with Crippen LogP contribution >= 0.6 is 0 Å². The van der Waals surface area contributed by atoms with E-state index in [1.807, 2.05) is 12.1 Å². The number of aromatic hydroxyl groups is 1. The Labute approximate surface area is 506 Å². The molecule has 1 aromatic carbocycles. The van der Waals surface area contributed by atoms with Gasteiger partial charge in [-0.3, -0.25) is 29.0 Å². The number of likely N-dealkylation sites (tertiary alicyclic amines) is 2. The molecule has 0 spiro atoms.